The van der Waals surface area contributed by atoms with Crippen LogP contribution in [0.15, 0.2) is 48.7 Å². The number of rotatable bonds is 6. The molecule has 2 amide bonds. The number of hydrogen-bond donors (Lipinski definition) is 2. The van der Waals surface area contributed by atoms with E-state index in [1.165, 1.54) is 0 Å². The van der Waals surface area contributed by atoms with E-state index in [0.29, 0.717) is 38.0 Å². The van der Waals surface area contributed by atoms with Gasteiger partial charge in [-0.05, 0) is 48.7 Å². The third kappa shape index (κ3) is 4.79. The number of aryl methyl sites for hydroxylation is 1. The third-order valence-corrected chi connectivity index (χ3v) is 5.68. The van der Waals surface area contributed by atoms with Crippen LogP contribution in [0.2, 0.25) is 0 Å². The van der Waals surface area contributed by atoms with E-state index in [2.05, 4.69) is 15.5 Å². The first-order valence-corrected chi connectivity index (χ1v) is 10.4. The summed E-state index contributed by atoms with van der Waals surface area (Å²) in [5.74, 6) is 0.679. The molecule has 31 heavy (non-hydrogen) atoms. The summed E-state index contributed by atoms with van der Waals surface area (Å²) in [5.41, 5.74) is 3.10. The van der Waals surface area contributed by atoms with Crippen molar-refractivity contribution in [3.05, 3.63) is 59.9 Å². The van der Waals surface area contributed by atoms with Gasteiger partial charge in [0.15, 0.2) is 0 Å². The van der Waals surface area contributed by atoms with Gasteiger partial charge >= 0.3 is 0 Å². The molecule has 2 aromatic heterocycles. The molecule has 4 rings (SSSR count). The lowest BCUT2D eigenvalue weighted by atomic mass is 10.1. The van der Waals surface area contributed by atoms with E-state index in [0.717, 1.165) is 22.7 Å². The number of aromatic amines is 1. The number of carbonyl (C=O) groups is 2. The van der Waals surface area contributed by atoms with Crippen LogP contribution >= 0.6 is 0 Å². The largest absolute Gasteiger partial charge is 0.497 e. The second-order valence-electron chi connectivity index (χ2n) is 7.84. The van der Waals surface area contributed by atoms with E-state index in [9.17, 15) is 9.59 Å². The Morgan fingerprint density at radius 3 is 2.90 bits per heavy atom. The monoisotopic (exact) mass is 421 g/mol. The van der Waals surface area contributed by atoms with Gasteiger partial charge in [-0.1, -0.05) is 12.1 Å². The molecule has 1 unspecified atom stereocenters. The average Bonchev–Trinajstić information content (AvgIpc) is 3.39. The maximum Gasteiger partial charge on any atom is 0.269 e. The second-order valence-corrected chi connectivity index (χ2v) is 7.84. The molecule has 1 saturated heterocycles. The zero-order valence-electron chi connectivity index (χ0n) is 17.8. The molecule has 8 nitrogen and oxygen atoms in total. The Morgan fingerprint density at radius 1 is 1.26 bits per heavy atom. The van der Waals surface area contributed by atoms with E-state index in [1.54, 1.807) is 13.2 Å². The van der Waals surface area contributed by atoms with Crippen LogP contribution in [0.3, 0.4) is 0 Å². The quantitative estimate of drug-likeness (QED) is 0.640. The highest BCUT2D eigenvalue weighted by Crippen LogP contribution is 2.20. The Hall–Kier alpha value is -3.55. The maximum absolute atomic E-state index is 12.7. The molecule has 0 bridgehead atoms. The molecule has 1 aromatic carbocycles. The fourth-order valence-electron chi connectivity index (χ4n) is 3.90. The number of H-pyrrole nitrogens is 1. The van der Waals surface area contributed by atoms with E-state index < -0.39 is 0 Å². The van der Waals surface area contributed by atoms with Crippen LogP contribution in [0, 0.1) is 0 Å². The standard InChI is InChI=1S/C23H27N5O3/c1-27-11-4-7-21(27)19-14-20(26-25-19)23(30)24-17-8-9-22(29)28(12-10-17)15-16-5-3-6-18(13-16)31-2/h3-7,11,13-14,17H,8-10,12,15H2,1-2H3,(H,24,30)(H,25,26). The van der Waals surface area contributed by atoms with Gasteiger partial charge < -0.3 is 19.5 Å². The Bertz CT molecular complexity index is 1070. The average molecular weight is 422 g/mol. The smallest absolute Gasteiger partial charge is 0.269 e. The first-order chi connectivity index (χ1) is 15.0. The molecule has 162 valence electrons. The van der Waals surface area contributed by atoms with Gasteiger partial charge in [-0.2, -0.15) is 5.10 Å². The first-order valence-electron chi connectivity index (χ1n) is 10.4. The minimum absolute atomic E-state index is 0.0615. The zero-order valence-corrected chi connectivity index (χ0v) is 17.8. The predicted octanol–water partition coefficient (Wildman–Crippen LogP) is 2.73. The van der Waals surface area contributed by atoms with E-state index in [4.69, 9.17) is 4.74 Å². The molecule has 0 spiro atoms. The van der Waals surface area contributed by atoms with E-state index in [-0.39, 0.29) is 17.9 Å². The highest BCUT2D eigenvalue weighted by molar-refractivity contribution is 5.93. The molecule has 2 N–H and O–H groups in total. The Balaban J connectivity index is 1.36. The minimum atomic E-state index is -0.202. The van der Waals surface area contributed by atoms with Gasteiger partial charge in [-0.3, -0.25) is 14.7 Å². The van der Waals surface area contributed by atoms with Crippen molar-refractivity contribution in [3.63, 3.8) is 0 Å². The Labute approximate surface area is 181 Å². The van der Waals surface area contributed by atoms with Crippen molar-refractivity contribution >= 4 is 11.8 Å². The van der Waals surface area contributed by atoms with Gasteiger partial charge in [0.05, 0.1) is 12.8 Å². The molecule has 8 heteroatoms. The summed E-state index contributed by atoms with van der Waals surface area (Å²) in [7, 11) is 3.57. The Morgan fingerprint density at radius 2 is 2.13 bits per heavy atom. The van der Waals surface area contributed by atoms with Gasteiger partial charge in [-0.25, -0.2) is 0 Å². The number of carbonyl (C=O) groups excluding carboxylic acids is 2. The van der Waals surface area contributed by atoms with Gasteiger partial charge in [0, 0.05) is 38.8 Å². The summed E-state index contributed by atoms with van der Waals surface area (Å²) in [5, 5.41) is 10.1. The number of nitrogens with zero attached hydrogens (tertiary/aromatic N) is 3. The molecule has 0 aliphatic carbocycles. The highest BCUT2D eigenvalue weighted by atomic mass is 16.5. The van der Waals surface area contributed by atoms with Gasteiger partial charge in [0.1, 0.15) is 17.1 Å². The van der Waals surface area contributed by atoms with Gasteiger partial charge in [0.2, 0.25) is 5.91 Å². The molecule has 1 fully saturated rings. The molecular weight excluding hydrogens is 394 g/mol. The SMILES string of the molecule is COc1cccc(CN2CCC(NC(=O)c3cc(-c4cccn4C)n[nH]3)CCC2=O)c1. The molecule has 1 aliphatic heterocycles. The van der Waals surface area contributed by atoms with Crippen LogP contribution in [-0.4, -0.2) is 51.2 Å². The fourth-order valence-corrected chi connectivity index (χ4v) is 3.90. The van der Waals surface area contributed by atoms with Crippen molar-refractivity contribution in [2.45, 2.75) is 31.8 Å². The summed E-state index contributed by atoms with van der Waals surface area (Å²) in [6.45, 7) is 1.13. The molecule has 3 aromatic rings. The second kappa shape index (κ2) is 9.07. The zero-order chi connectivity index (χ0) is 21.8. The minimum Gasteiger partial charge on any atom is -0.497 e. The van der Waals surface area contributed by atoms with Crippen molar-refractivity contribution in [2.75, 3.05) is 13.7 Å². The molecule has 1 aliphatic rings. The van der Waals surface area contributed by atoms with Crippen molar-refractivity contribution in [3.8, 4) is 17.1 Å². The van der Waals surface area contributed by atoms with Crippen LogP contribution in [0.25, 0.3) is 11.4 Å². The number of benzene rings is 1. The lowest BCUT2D eigenvalue weighted by Gasteiger charge is -2.21. The Kier molecular flexibility index (Phi) is 6.06. The normalized spacial score (nSPS) is 16.8. The number of methoxy groups -OCH3 is 1. The van der Waals surface area contributed by atoms with Crippen molar-refractivity contribution in [1.29, 1.82) is 0 Å². The summed E-state index contributed by atoms with van der Waals surface area (Å²) in [4.78, 5) is 27.2. The summed E-state index contributed by atoms with van der Waals surface area (Å²) >= 11 is 0. The number of amides is 2. The first kappa shape index (κ1) is 20.7. The number of ether oxygens (including phenoxy) is 1. The van der Waals surface area contributed by atoms with Crippen LogP contribution in [-0.2, 0) is 18.4 Å². The summed E-state index contributed by atoms with van der Waals surface area (Å²) in [6, 6.07) is 13.3. The van der Waals surface area contributed by atoms with Crippen LogP contribution < -0.4 is 10.1 Å². The number of likely N-dealkylation sites (tertiary alicyclic amines) is 1. The number of hydrogen-bond acceptors (Lipinski definition) is 4. The topological polar surface area (TPSA) is 92.2 Å². The van der Waals surface area contributed by atoms with Crippen LogP contribution in [0.4, 0.5) is 0 Å². The molecule has 0 saturated carbocycles. The predicted molar refractivity (Wildman–Crippen MR) is 117 cm³/mol. The summed E-state index contributed by atoms with van der Waals surface area (Å²) < 4.78 is 7.22. The lowest BCUT2D eigenvalue weighted by molar-refractivity contribution is -0.131. The van der Waals surface area contributed by atoms with Crippen LogP contribution in [0.1, 0.15) is 35.3 Å². The molecule has 3 heterocycles. The number of nitrogens with one attached hydrogen (secondary N) is 2. The maximum atomic E-state index is 12.7. The van der Waals surface area contributed by atoms with Gasteiger partial charge in [-0.15, -0.1) is 0 Å². The lowest BCUT2D eigenvalue weighted by Crippen LogP contribution is -2.36. The molecular formula is C23H27N5O3. The van der Waals surface area contributed by atoms with Gasteiger partial charge in [0.25, 0.3) is 5.91 Å². The highest BCUT2D eigenvalue weighted by Gasteiger charge is 2.24. The van der Waals surface area contributed by atoms with E-state index in [1.807, 2.05) is 59.1 Å². The molecule has 0 radical (unpaired) electrons. The van der Waals surface area contributed by atoms with Crippen molar-refractivity contribution in [2.24, 2.45) is 7.05 Å². The van der Waals surface area contributed by atoms with Crippen molar-refractivity contribution in [1.82, 2.24) is 25.0 Å². The summed E-state index contributed by atoms with van der Waals surface area (Å²) in [6.07, 6.45) is 3.67. The fraction of sp³-hybridized carbons (Fsp3) is 0.348. The number of aromatic nitrogens is 3. The van der Waals surface area contributed by atoms with Crippen LogP contribution in [0.5, 0.6) is 5.75 Å². The van der Waals surface area contributed by atoms with Crippen molar-refractivity contribution < 1.29 is 14.3 Å². The third-order valence-electron chi connectivity index (χ3n) is 5.68. The van der Waals surface area contributed by atoms with E-state index >= 15 is 0 Å². The molecule has 1 atom stereocenters.